The molecule has 31 heavy (non-hydrogen) atoms. The molecule has 0 bridgehead atoms. The molecule has 0 saturated heterocycles. The Morgan fingerprint density at radius 3 is 1.94 bits per heavy atom. The van der Waals surface area contributed by atoms with Crippen LogP contribution in [0.4, 0.5) is 19.0 Å². The van der Waals surface area contributed by atoms with E-state index in [4.69, 9.17) is 15.2 Å². The fraction of sp³-hybridized carbons (Fsp3) is 0.500. The Morgan fingerprint density at radius 1 is 0.968 bits per heavy atom. The summed E-state index contributed by atoms with van der Waals surface area (Å²) in [6, 6.07) is 2.58. The molecule has 2 aromatic rings. The van der Waals surface area contributed by atoms with Crippen molar-refractivity contribution in [3.63, 3.8) is 0 Å². The zero-order valence-electron chi connectivity index (χ0n) is 18.7. The summed E-state index contributed by atoms with van der Waals surface area (Å²) in [5.74, 6) is -2.81. The van der Waals surface area contributed by atoms with Gasteiger partial charge in [0.2, 0.25) is 0 Å². The first-order valence-corrected chi connectivity index (χ1v) is 9.75. The Labute approximate surface area is 178 Å². The molecule has 0 aliphatic rings. The van der Waals surface area contributed by atoms with Crippen LogP contribution >= 0.6 is 0 Å². The van der Waals surface area contributed by atoms with E-state index in [1.54, 1.807) is 48.5 Å². The van der Waals surface area contributed by atoms with E-state index >= 15 is 0 Å². The van der Waals surface area contributed by atoms with E-state index in [0.29, 0.717) is 0 Å². The average molecular weight is 440 g/mol. The summed E-state index contributed by atoms with van der Waals surface area (Å²) in [7, 11) is 0. The molecule has 0 unspecified atom stereocenters. The molecule has 0 saturated carbocycles. The summed E-state index contributed by atoms with van der Waals surface area (Å²) < 4.78 is 52.7. The van der Waals surface area contributed by atoms with Crippen LogP contribution < -0.4 is 5.73 Å². The number of nitrogens with zero attached hydrogens (tertiary/aromatic N) is 1. The Hall–Kier alpha value is -2.84. The minimum Gasteiger partial charge on any atom is -0.456 e. The third-order valence-electron chi connectivity index (χ3n) is 4.12. The molecule has 170 valence electrons. The van der Waals surface area contributed by atoms with Crippen LogP contribution in [0.1, 0.15) is 80.4 Å². The van der Waals surface area contributed by atoms with Gasteiger partial charge in [-0.05, 0) is 54.0 Å². The number of aromatic nitrogens is 1. The number of halogens is 3. The molecule has 1 heterocycles. The maximum atomic E-state index is 14.0. The molecule has 1 aromatic heterocycles. The van der Waals surface area contributed by atoms with Crippen molar-refractivity contribution in [1.82, 2.24) is 4.98 Å². The standard InChI is InChI=1S/C22H27F3N2O4/c1-8-13-11-9-10-12(18(28)30-20(2,3)4)15(19(29)31-21(5,6)7)14(11)16(17(26)27-13)22(23,24)25/h9-10H,8H2,1-7H3,(H2,26,27). The predicted octanol–water partition coefficient (Wildman–Crippen LogP) is 5.31. The van der Waals surface area contributed by atoms with E-state index in [2.05, 4.69) is 4.98 Å². The molecule has 2 N–H and O–H groups in total. The van der Waals surface area contributed by atoms with Gasteiger partial charge < -0.3 is 15.2 Å². The van der Waals surface area contributed by atoms with Gasteiger partial charge in [0.05, 0.1) is 16.8 Å². The highest BCUT2D eigenvalue weighted by atomic mass is 19.4. The number of esters is 2. The van der Waals surface area contributed by atoms with Crippen molar-refractivity contribution in [2.24, 2.45) is 0 Å². The quantitative estimate of drug-likeness (QED) is 0.651. The van der Waals surface area contributed by atoms with Gasteiger partial charge in [-0.1, -0.05) is 13.0 Å². The Kier molecular flexibility index (Phi) is 6.32. The number of nitrogen functional groups attached to an aromatic ring is 1. The number of carbonyl (C=O) groups is 2. The lowest BCUT2D eigenvalue weighted by atomic mass is 9.93. The molecule has 1 aromatic carbocycles. The molecule has 0 fully saturated rings. The summed E-state index contributed by atoms with van der Waals surface area (Å²) >= 11 is 0. The first kappa shape index (κ1) is 24.4. The van der Waals surface area contributed by atoms with Gasteiger partial charge in [-0.2, -0.15) is 13.2 Å². The number of rotatable bonds is 3. The lowest BCUT2D eigenvalue weighted by molar-refractivity contribution is -0.135. The summed E-state index contributed by atoms with van der Waals surface area (Å²) in [5, 5.41) is -0.452. The van der Waals surface area contributed by atoms with Crippen molar-refractivity contribution in [3.8, 4) is 0 Å². The van der Waals surface area contributed by atoms with E-state index in [9.17, 15) is 22.8 Å². The number of pyridine rings is 1. The second kappa shape index (κ2) is 8.01. The van der Waals surface area contributed by atoms with Gasteiger partial charge in [-0.3, -0.25) is 0 Å². The first-order valence-electron chi connectivity index (χ1n) is 9.75. The van der Waals surface area contributed by atoms with Crippen molar-refractivity contribution in [2.75, 3.05) is 5.73 Å². The molecule has 0 radical (unpaired) electrons. The van der Waals surface area contributed by atoms with Gasteiger partial charge in [-0.15, -0.1) is 0 Å². The Balaban J connectivity index is 3.04. The molecule has 6 nitrogen and oxygen atoms in total. The SMILES string of the molecule is CCc1nc(N)c(C(F)(F)F)c2c(C(=O)OC(C)(C)C)c(C(=O)OC(C)(C)C)ccc12. The van der Waals surface area contributed by atoms with E-state index in [-0.39, 0.29) is 23.1 Å². The van der Waals surface area contributed by atoms with Gasteiger partial charge in [0.15, 0.2) is 0 Å². The number of ether oxygens (including phenoxy) is 2. The minimum atomic E-state index is -4.93. The molecular formula is C22H27F3N2O4. The topological polar surface area (TPSA) is 91.5 Å². The van der Waals surface area contributed by atoms with E-state index in [1.165, 1.54) is 12.1 Å². The van der Waals surface area contributed by atoms with Crippen molar-refractivity contribution < 1.29 is 32.2 Å². The van der Waals surface area contributed by atoms with Gasteiger partial charge in [0.25, 0.3) is 0 Å². The molecule has 0 atom stereocenters. The summed E-state index contributed by atoms with van der Waals surface area (Å²) in [6.45, 7) is 11.2. The highest BCUT2D eigenvalue weighted by Crippen LogP contribution is 2.42. The van der Waals surface area contributed by atoms with Crippen LogP contribution in [0.2, 0.25) is 0 Å². The zero-order valence-corrected chi connectivity index (χ0v) is 18.7. The number of anilines is 1. The third-order valence-corrected chi connectivity index (χ3v) is 4.12. The highest BCUT2D eigenvalue weighted by molar-refractivity contribution is 6.15. The molecule has 9 heteroatoms. The van der Waals surface area contributed by atoms with Crippen LogP contribution in [0.15, 0.2) is 12.1 Å². The van der Waals surface area contributed by atoms with Crippen LogP contribution in [-0.4, -0.2) is 28.1 Å². The third kappa shape index (κ3) is 5.45. The van der Waals surface area contributed by atoms with Crippen LogP contribution in [0, 0.1) is 0 Å². The van der Waals surface area contributed by atoms with E-state index in [1.807, 2.05) is 0 Å². The number of carbonyl (C=O) groups excluding carboxylic acids is 2. The normalized spacial score (nSPS) is 12.7. The van der Waals surface area contributed by atoms with Crippen LogP contribution in [0.3, 0.4) is 0 Å². The van der Waals surface area contributed by atoms with Crippen LogP contribution in [0.25, 0.3) is 10.8 Å². The van der Waals surface area contributed by atoms with Gasteiger partial charge in [0, 0.05) is 10.8 Å². The second-order valence-corrected chi connectivity index (χ2v) is 9.08. The molecule has 0 aliphatic carbocycles. The first-order chi connectivity index (χ1) is 14.0. The molecule has 0 spiro atoms. The summed E-state index contributed by atoms with van der Waals surface area (Å²) in [5.41, 5.74) is 1.82. The second-order valence-electron chi connectivity index (χ2n) is 9.08. The Bertz CT molecular complexity index is 1030. The van der Waals surface area contributed by atoms with Crippen LogP contribution in [-0.2, 0) is 22.1 Å². The maximum Gasteiger partial charge on any atom is 0.420 e. The van der Waals surface area contributed by atoms with Gasteiger partial charge >= 0.3 is 18.1 Å². The highest BCUT2D eigenvalue weighted by Gasteiger charge is 2.40. The van der Waals surface area contributed by atoms with Crippen molar-refractivity contribution in [2.45, 2.75) is 72.3 Å². The monoisotopic (exact) mass is 440 g/mol. The lowest BCUT2D eigenvalue weighted by Crippen LogP contribution is -2.28. The fourth-order valence-corrected chi connectivity index (χ4v) is 3.09. The van der Waals surface area contributed by atoms with Crippen molar-refractivity contribution in [3.05, 3.63) is 34.5 Å². The molecule has 0 aliphatic heterocycles. The number of aryl methyl sites for hydroxylation is 1. The largest absolute Gasteiger partial charge is 0.456 e. The Morgan fingerprint density at radius 2 is 1.48 bits per heavy atom. The number of alkyl halides is 3. The van der Waals surface area contributed by atoms with Crippen LogP contribution in [0.5, 0.6) is 0 Å². The number of fused-ring (bicyclic) bond motifs is 1. The summed E-state index contributed by atoms with van der Waals surface area (Å²) in [4.78, 5) is 29.8. The number of hydrogen-bond donors (Lipinski definition) is 1. The summed E-state index contributed by atoms with van der Waals surface area (Å²) in [6.07, 6.45) is -4.66. The van der Waals surface area contributed by atoms with Crippen molar-refractivity contribution in [1.29, 1.82) is 0 Å². The number of nitrogens with two attached hydrogens (primary N) is 1. The average Bonchev–Trinajstić information content (AvgIpc) is 2.55. The molecular weight excluding hydrogens is 413 g/mol. The van der Waals surface area contributed by atoms with E-state index < -0.39 is 51.6 Å². The lowest BCUT2D eigenvalue weighted by Gasteiger charge is -2.25. The number of hydrogen-bond acceptors (Lipinski definition) is 6. The van der Waals surface area contributed by atoms with Gasteiger partial charge in [-0.25, -0.2) is 14.6 Å². The maximum absolute atomic E-state index is 14.0. The molecule has 0 amide bonds. The van der Waals surface area contributed by atoms with Crippen molar-refractivity contribution >= 4 is 28.5 Å². The number of benzene rings is 1. The smallest absolute Gasteiger partial charge is 0.420 e. The predicted molar refractivity (Wildman–Crippen MR) is 111 cm³/mol. The fourth-order valence-electron chi connectivity index (χ4n) is 3.09. The minimum absolute atomic E-state index is 0.0668. The molecule has 2 rings (SSSR count). The zero-order chi connectivity index (χ0) is 23.9. The van der Waals surface area contributed by atoms with Gasteiger partial charge in [0.1, 0.15) is 22.6 Å². The van der Waals surface area contributed by atoms with E-state index in [0.717, 1.165) is 0 Å².